The Bertz CT molecular complexity index is 848. The van der Waals surface area contributed by atoms with Crippen molar-refractivity contribution in [1.29, 1.82) is 0 Å². The maximum Gasteiger partial charge on any atom is 0.341 e. The molecule has 138 valence electrons. The van der Waals surface area contributed by atoms with Crippen molar-refractivity contribution in [3.63, 3.8) is 0 Å². The number of ether oxygens (including phenoxy) is 1. The van der Waals surface area contributed by atoms with E-state index in [2.05, 4.69) is 5.32 Å². The number of carbonyl (C=O) groups excluding carboxylic acids is 2. The minimum Gasteiger partial charge on any atom is -0.465 e. The summed E-state index contributed by atoms with van der Waals surface area (Å²) in [5.41, 5.74) is 2.50. The van der Waals surface area contributed by atoms with Crippen LogP contribution in [0.25, 0.3) is 0 Å². The summed E-state index contributed by atoms with van der Waals surface area (Å²) >= 11 is 13.4. The van der Waals surface area contributed by atoms with Crippen molar-refractivity contribution in [2.24, 2.45) is 0 Å². The first kappa shape index (κ1) is 19.2. The van der Waals surface area contributed by atoms with E-state index in [1.807, 2.05) is 6.07 Å². The molecule has 1 aliphatic carbocycles. The van der Waals surface area contributed by atoms with E-state index < -0.39 is 0 Å². The Morgan fingerprint density at radius 1 is 1.19 bits per heavy atom. The number of hydrogen-bond acceptors (Lipinski definition) is 4. The number of benzene rings is 1. The van der Waals surface area contributed by atoms with Crippen LogP contribution in [0, 0.1) is 0 Å². The molecule has 1 aromatic heterocycles. The maximum atomic E-state index is 12.4. The number of nitrogens with one attached hydrogen (secondary N) is 1. The molecule has 0 fully saturated rings. The third-order valence-electron chi connectivity index (χ3n) is 4.44. The number of carbonyl (C=O) groups is 2. The molecule has 0 saturated heterocycles. The van der Waals surface area contributed by atoms with Gasteiger partial charge in [0, 0.05) is 11.3 Å². The first-order valence-corrected chi connectivity index (χ1v) is 10.0. The number of halogens is 2. The minimum absolute atomic E-state index is 0.139. The van der Waals surface area contributed by atoms with Crippen LogP contribution in [0.15, 0.2) is 18.2 Å². The number of hydrogen-bond donors (Lipinski definition) is 1. The quantitative estimate of drug-likeness (QED) is 0.679. The van der Waals surface area contributed by atoms with Gasteiger partial charge in [-0.15, -0.1) is 11.3 Å². The van der Waals surface area contributed by atoms with Crippen LogP contribution in [0.3, 0.4) is 0 Å². The fourth-order valence-corrected chi connectivity index (χ4v) is 4.73. The summed E-state index contributed by atoms with van der Waals surface area (Å²) in [5, 5.41) is 4.47. The van der Waals surface area contributed by atoms with Gasteiger partial charge in [-0.1, -0.05) is 29.3 Å². The summed E-state index contributed by atoms with van der Waals surface area (Å²) in [4.78, 5) is 25.8. The van der Waals surface area contributed by atoms with E-state index in [1.165, 1.54) is 23.3 Å². The molecular formula is C19H19Cl2NO3S. The smallest absolute Gasteiger partial charge is 0.341 e. The van der Waals surface area contributed by atoms with E-state index in [4.69, 9.17) is 27.9 Å². The SMILES string of the molecule is COC(=O)c1c(NC(=O)CCc2ccc(Cl)c(Cl)c2)sc2c1CCCC2. The molecule has 0 unspecified atom stereocenters. The van der Waals surface area contributed by atoms with Crippen LogP contribution in [-0.4, -0.2) is 19.0 Å². The Hall–Kier alpha value is -1.56. The molecule has 0 saturated carbocycles. The van der Waals surface area contributed by atoms with E-state index >= 15 is 0 Å². The Labute approximate surface area is 166 Å². The van der Waals surface area contributed by atoms with E-state index in [9.17, 15) is 9.59 Å². The molecule has 1 amide bonds. The summed E-state index contributed by atoms with van der Waals surface area (Å²) < 4.78 is 4.93. The van der Waals surface area contributed by atoms with Gasteiger partial charge in [-0.05, 0) is 55.4 Å². The number of aryl methyl sites for hydroxylation is 2. The summed E-state index contributed by atoms with van der Waals surface area (Å²) in [6.07, 6.45) is 4.80. The van der Waals surface area contributed by atoms with E-state index in [0.717, 1.165) is 36.8 Å². The Morgan fingerprint density at radius 2 is 1.96 bits per heavy atom. The molecule has 0 bridgehead atoms. The van der Waals surface area contributed by atoms with Crippen molar-refractivity contribution in [2.45, 2.75) is 38.5 Å². The molecule has 0 spiro atoms. The van der Waals surface area contributed by atoms with Gasteiger partial charge in [-0.25, -0.2) is 4.79 Å². The second-order valence-corrected chi connectivity index (χ2v) is 8.12. The van der Waals surface area contributed by atoms with Crippen molar-refractivity contribution in [2.75, 3.05) is 12.4 Å². The predicted octanol–water partition coefficient (Wildman–Crippen LogP) is 5.29. The molecule has 3 rings (SSSR count). The highest BCUT2D eigenvalue weighted by Crippen LogP contribution is 2.38. The first-order chi connectivity index (χ1) is 12.5. The topological polar surface area (TPSA) is 55.4 Å². The number of amides is 1. The molecule has 1 aliphatic rings. The fourth-order valence-electron chi connectivity index (χ4n) is 3.11. The highest BCUT2D eigenvalue weighted by molar-refractivity contribution is 7.17. The van der Waals surface area contributed by atoms with Gasteiger partial charge in [0.25, 0.3) is 0 Å². The number of fused-ring (bicyclic) bond motifs is 1. The maximum absolute atomic E-state index is 12.4. The van der Waals surface area contributed by atoms with Crippen LogP contribution in [0.4, 0.5) is 5.00 Å². The lowest BCUT2D eigenvalue weighted by atomic mass is 9.95. The third-order valence-corrected chi connectivity index (χ3v) is 6.38. The molecular weight excluding hydrogens is 393 g/mol. The fraction of sp³-hybridized carbons (Fsp3) is 0.368. The Balaban J connectivity index is 1.71. The molecule has 0 radical (unpaired) electrons. The molecule has 0 atom stereocenters. The van der Waals surface area contributed by atoms with Crippen LogP contribution in [0.2, 0.25) is 10.0 Å². The van der Waals surface area contributed by atoms with Crippen LogP contribution in [0.1, 0.15) is 45.6 Å². The zero-order chi connectivity index (χ0) is 18.7. The van der Waals surface area contributed by atoms with Gasteiger partial charge in [0.15, 0.2) is 0 Å². The Kier molecular flexibility index (Phi) is 6.22. The zero-order valence-corrected chi connectivity index (χ0v) is 16.7. The number of anilines is 1. The van der Waals surface area contributed by atoms with Crippen LogP contribution >= 0.6 is 34.5 Å². The van der Waals surface area contributed by atoms with Crippen molar-refractivity contribution < 1.29 is 14.3 Å². The normalized spacial score (nSPS) is 13.2. The molecule has 4 nitrogen and oxygen atoms in total. The standard InChI is InChI=1S/C19H19Cl2NO3S/c1-25-19(24)17-12-4-2-3-5-15(12)26-18(17)22-16(23)9-7-11-6-8-13(20)14(21)10-11/h6,8,10H,2-5,7,9H2,1H3,(H,22,23). The van der Waals surface area contributed by atoms with Gasteiger partial charge in [0.2, 0.25) is 5.91 Å². The lowest BCUT2D eigenvalue weighted by Crippen LogP contribution is -2.15. The number of esters is 1. The van der Waals surface area contributed by atoms with Gasteiger partial charge in [0.05, 0.1) is 22.7 Å². The minimum atomic E-state index is -0.385. The van der Waals surface area contributed by atoms with Crippen molar-refractivity contribution >= 4 is 51.4 Å². The van der Waals surface area contributed by atoms with Crippen LogP contribution < -0.4 is 5.32 Å². The van der Waals surface area contributed by atoms with E-state index in [-0.39, 0.29) is 11.9 Å². The van der Waals surface area contributed by atoms with Crippen molar-refractivity contribution in [1.82, 2.24) is 0 Å². The van der Waals surface area contributed by atoms with Gasteiger partial charge < -0.3 is 10.1 Å². The Morgan fingerprint density at radius 3 is 2.69 bits per heavy atom. The summed E-state index contributed by atoms with van der Waals surface area (Å²) in [6, 6.07) is 5.34. The number of methoxy groups -OCH3 is 1. The van der Waals surface area contributed by atoms with E-state index in [1.54, 1.807) is 12.1 Å². The molecule has 2 aromatic rings. The monoisotopic (exact) mass is 411 g/mol. The van der Waals surface area contributed by atoms with Gasteiger partial charge in [0.1, 0.15) is 5.00 Å². The lowest BCUT2D eigenvalue weighted by molar-refractivity contribution is -0.116. The van der Waals surface area contributed by atoms with Crippen LogP contribution in [-0.2, 0) is 28.8 Å². The largest absolute Gasteiger partial charge is 0.465 e. The lowest BCUT2D eigenvalue weighted by Gasteiger charge is -2.11. The number of thiophene rings is 1. The van der Waals surface area contributed by atoms with E-state index in [0.29, 0.717) is 33.5 Å². The van der Waals surface area contributed by atoms with Crippen LogP contribution in [0.5, 0.6) is 0 Å². The molecule has 1 heterocycles. The average molecular weight is 412 g/mol. The summed E-state index contributed by atoms with van der Waals surface area (Å²) in [6.45, 7) is 0. The zero-order valence-electron chi connectivity index (χ0n) is 14.4. The highest BCUT2D eigenvalue weighted by Gasteiger charge is 2.26. The van der Waals surface area contributed by atoms with Gasteiger partial charge in [-0.3, -0.25) is 4.79 Å². The average Bonchev–Trinajstić information content (AvgIpc) is 2.99. The van der Waals surface area contributed by atoms with Gasteiger partial charge >= 0.3 is 5.97 Å². The summed E-state index contributed by atoms with van der Waals surface area (Å²) in [5.74, 6) is -0.524. The highest BCUT2D eigenvalue weighted by atomic mass is 35.5. The molecule has 26 heavy (non-hydrogen) atoms. The second-order valence-electron chi connectivity index (χ2n) is 6.20. The van der Waals surface area contributed by atoms with Crippen molar-refractivity contribution in [3.8, 4) is 0 Å². The third kappa shape index (κ3) is 4.22. The molecule has 1 aromatic carbocycles. The molecule has 1 N–H and O–H groups in total. The van der Waals surface area contributed by atoms with Gasteiger partial charge in [-0.2, -0.15) is 0 Å². The molecule has 0 aliphatic heterocycles. The number of rotatable bonds is 5. The molecule has 7 heteroatoms. The predicted molar refractivity (Wildman–Crippen MR) is 106 cm³/mol. The summed E-state index contributed by atoms with van der Waals surface area (Å²) in [7, 11) is 1.37. The second kappa shape index (κ2) is 8.42. The first-order valence-electron chi connectivity index (χ1n) is 8.46. The van der Waals surface area contributed by atoms with Crippen molar-refractivity contribution in [3.05, 3.63) is 49.8 Å².